The van der Waals surface area contributed by atoms with Gasteiger partial charge in [0.15, 0.2) is 5.82 Å². The first kappa shape index (κ1) is 15.8. The molecule has 124 valence electrons. The van der Waals surface area contributed by atoms with Crippen molar-refractivity contribution in [3.63, 3.8) is 0 Å². The topological polar surface area (TPSA) is 89.4 Å². The molecule has 2 heterocycles. The Hall–Kier alpha value is -3.09. The number of phenols is 1. The monoisotopic (exact) mass is 324 g/mol. The van der Waals surface area contributed by atoms with E-state index < -0.39 is 0 Å². The van der Waals surface area contributed by atoms with E-state index in [1.54, 1.807) is 18.3 Å². The molecule has 0 aliphatic rings. The van der Waals surface area contributed by atoms with E-state index in [2.05, 4.69) is 44.2 Å². The molecule has 0 spiro atoms. The van der Waals surface area contributed by atoms with E-state index in [0.717, 1.165) is 35.4 Å². The fraction of sp³-hybridized carbons (Fsp3) is 0.235. The van der Waals surface area contributed by atoms with E-state index in [1.807, 2.05) is 18.3 Å². The molecule has 0 saturated heterocycles. The van der Waals surface area contributed by atoms with Gasteiger partial charge < -0.3 is 15.0 Å². The summed E-state index contributed by atoms with van der Waals surface area (Å²) < 4.78 is 0. The molecule has 3 N–H and O–H groups in total. The zero-order valence-corrected chi connectivity index (χ0v) is 13.7. The van der Waals surface area contributed by atoms with Crippen molar-refractivity contribution in [1.29, 1.82) is 0 Å². The van der Waals surface area contributed by atoms with Crippen molar-refractivity contribution >= 4 is 28.8 Å². The number of hydrogen-bond donors (Lipinski definition) is 3. The van der Waals surface area contributed by atoms with Crippen LogP contribution >= 0.6 is 0 Å². The Morgan fingerprint density at radius 2 is 2.08 bits per heavy atom. The van der Waals surface area contributed by atoms with Gasteiger partial charge in [0.05, 0.1) is 6.21 Å². The second-order valence-corrected chi connectivity index (χ2v) is 5.28. The third-order valence-electron chi connectivity index (χ3n) is 3.82. The Balaban J connectivity index is 1.75. The molecule has 0 amide bonds. The van der Waals surface area contributed by atoms with Crippen LogP contribution in [0.15, 0.2) is 41.9 Å². The van der Waals surface area contributed by atoms with Crippen molar-refractivity contribution in [2.75, 3.05) is 23.4 Å². The molecule has 0 bridgehead atoms. The lowest BCUT2D eigenvalue weighted by Crippen LogP contribution is -2.23. The van der Waals surface area contributed by atoms with Gasteiger partial charge in [-0.2, -0.15) is 5.10 Å². The zero-order chi connectivity index (χ0) is 16.9. The first-order chi connectivity index (χ1) is 11.7. The van der Waals surface area contributed by atoms with Crippen LogP contribution in [0.25, 0.3) is 10.9 Å². The number of phenolic OH excluding ortho intramolecular Hbond substituents is 1. The Morgan fingerprint density at radius 1 is 1.25 bits per heavy atom. The van der Waals surface area contributed by atoms with Gasteiger partial charge in [-0.05, 0) is 26.0 Å². The fourth-order valence-electron chi connectivity index (χ4n) is 2.54. The van der Waals surface area contributed by atoms with E-state index in [4.69, 9.17) is 0 Å². The second kappa shape index (κ2) is 6.99. The number of nitrogens with zero attached hydrogens (tertiary/aromatic N) is 4. The maximum absolute atomic E-state index is 9.49. The van der Waals surface area contributed by atoms with E-state index >= 15 is 0 Å². The average Bonchev–Trinajstić information content (AvgIpc) is 2.99. The van der Waals surface area contributed by atoms with Crippen molar-refractivity contribution in [3.8, 4) is 5.75 Å². The highest BCUT2D eigenvalue weighted by Crippen LogP contribution is 2.21. The number of anilines is 2. The number of nitrogens with one attached hydrogen (secondary N) is 2. The maximum atomic E-state index is 9.49. The van der Waals surface area contributed by atoms with Crippen LogP contribution in [0.5, 0.6) is 5.75 Å². The summed E-state index contributed by atoms with van der Waals surface area (Å²) in [4.78, 5) is 13.7. The highest BCUT2D eigenvalue weighted by Gasteiger charge is 2.05. The predicted molar refractivity (Wildman–Crippen MR) is 96.8 cm³/mol. The summed E-state index contributed by atoms with van der Waals surface area (Å²) >= 11 is 0. The standard InChI is InChI=1S/C17H20N6O/c1-3-23(4-2)17-8-16(19-11-20-17)22-21-10-12-9-18-15-7-13(24)5-6-14(12)15/h5-11,18,24H,3-4H2,1-2H3,(H,19,20,22)/b21-10+. The third kappa shape index (κ3) is 3.29. The summed E-state index contributed by atoms with van der Waals surface area (Å²) in [5, 5.41) is 14.7. The molecule has 0 atom stereocenters. The van der Waals surface area contributed by atoms with Crippen LogP contribution in [-0.4, -0.2) is 39.4 Å². The van der Waals surface area contributed by atoms with Crippen LogP contribution in [0.1, 0.15) is 19.4 Å². The van der Waals surface area contributed by atoms with Gasteiger partial charge in [-0.15, -0.1) is 0 Å². The number of aromatic hydroxyl groups is 1. The van der Waals surface area contributed by atoms with Crippen molar-refractivity contribution in [3.05, 3.63) is 42.4 Å². The first-order valence-corrected chi connectivity index (χ1v) is 7.87. The lowest BCUT2D eigenvalue weighted by Gasteiger charge is -2.19. The lowest BCUT2D eigenvalue weighted by molar-refractivity contribution is 0.476. The first-order valence-electron chi connectivity index (χ1n) is 7.87. The number of benzene rings is 1. The zero-order valence-electron chi connectivity index (χ0n) is 13.7. The molecule has 0 unspecified atom stereocenters. The molecule has 2 aromatic heterocycles. The summed E-state index contributed by atoms with van der Waals surface area (Å²) in [6.07, 6.45) is 5.09. The molecular formula is C17H20N6O. The largest absolute Gasteiger partial charge is 0.508 e. The molecule has 0 fully saturated rings. The second-order valence-electron chi connectivity index (χ2n) is 5.28. The Kier molecular flexibility index (Phi) is 4.60. The van der Waals surface area contributed by atoms with Crippen LogP contribution in [0.3, 0.4) is 0 Å². The Labute approximate surface area is 140 Å². The van der Waals surface area contributed by atoms with Crippen molar-refractivity contribution in [2.24, 2.45) is 5.10 Å². The van der Waals surface area contributed by atoms with E-state index in [0.29, 0.717) is 5.82 Å². The quantitative estimate of drug-likeness (QED) is 0.479. The normalized spacial score (nSPS) is 11.2. The minimum absolute atomic E-state index is 0.232. The van der Waals surface area contributed by atoms with Crippen LogP contribution in [-0.2, 0) is 0 Å². The molecule has 7 heteroatoms. The Bertz CT molecular complexity index is 853. The van der Waals surface area contributed by atoms with Gasteiger partial charge in [-0.3, -0.25) is 5.43 Å². The summed E-state index contributed by atoms with van der Waals surface area (Å²) in [5.41, 5.74) is 4.72. The van der Waals surface area contributed by atoms with E-state index in [1.165, 1.54) is 6.33 Å². The van der Waals surface area contributed by atoms with E-state index in [9.17, 15) is 5.11 Å². The molecule has 0 aliphatic carbocycles. The molecular weight excluding hydrogens is 304 g/mol. The minimum atomic E-state index is 0.232. The number of fused-ring (bicyclic) bond motifs is 1. The number of aromatic amines is 1. The third-order valence-corrected chi connectivity index (χ3v) is 3.82. The van der Waals surface area contributed by atoms with E-state index in [-0.39, 0.29) is 5.75 Å². The number of H-pyrrole nitrogens is 1. The SMILES string of the molecule is CCN(CC)c1cc(N/N=C/c2c[nH]c3cc(O)ccc23)ncn1. The number of hydrogen-bond acceptors (Lipinski definition) is 6. The molecule has 0 aliphatic heterocycles. The van der Waals surface area contributed by atoms with Crippen molar-refractivity contribution in [2.45, 2.75) is 13.8 Å². The van der Waals surface area contributed by atoms with Crippen LogP contribution < -0.4 is 10.3 Å². The predicted octanol–water partition coefficient (Wildman–Crippen LogP) is 2.96. The minimum Gasteiger partial charge on any atom is -0.508 e. The van der Waals surface area contributed by atoms with Crippen molar-refractivity contribution < 1.29 is 5.11 Å². The van der Waals surface area contributed by atoms with Crippen LogP contribution in [0.4, 0.5) is 11.6 Å². The molecule has 7 nitrogen and oxygen atoms in total. The molecule has 3 aromatic rings. The lowest BCUT2D eigenvalue weighted by atomic mass is 10.2. The van der Waals surface area contributed by atoms with Gasteiger partial charge in [0.2, 0.25) is 0 Å². The summed E-state index contributed by atoms with van der Waals surface area (Å²) in [6.45, 7) is 5.95. The molecule has 1 aromatic carbocycles. The smallest absolute Gasteiger partial charge is 0.151 e. The fourth-order valence-corrected chi connectivity index (χ4v) is 2.54. The van der Waals surface area contributed by atoms with Gasteiger partial charge in [-0.25, -0.2) is 9.97 Å². The highest BCUT2D eigenvalue weighted by atomic mass is 16.3. The number of rotatable bonds is 6. The number of hydrazone groups is 1. The molecule has 24 heavy (non-hydrogen) atoms. The Morgan fingerprint density at radius 3 is 2.88 bits per heavy atom. The van der Waals surface area contributed by atoms with Gasteiger partial charge in [0.25, 0.3) is 0 Å². The van der Waals surface area contributed by atoms with Crippen LogP contribution in [0.2, 0.25) is 0 Å². The summed E-state index contributed by atoms with van der Waals surface area (Å²) in [7, 11) is 0. The van der Waals surface area contributed by atoms with Crippen LogP contribution in [0, 0.1) is 0 Å². The summed E-state index contributed by atoms with van der Waals surface area (Å²) in [6, 6.07) is 7.06. The van der Waals surface area contributed by atoms with Gasteiger partial charge in [0.1, 0.15) is 17.9 Å². The van der Waals surface area contributed by atoms with Crippen molar-refractivity contribution in [1.82, 2.24) is 15.0 Å². The van der Waals surface area contributed by atoms with Gasteiger partial charge in [0, 0.05) is 47.9 Å². The molecule has 3 rings (SSSR count). The highest BCUT2D eigenvalue weighted by molar-refractivity contribution is 5.99. The average molecular weight is 324 g/mol. The molecule has 0 saturated carbocycles. The van der Waals surface area contributed by atoms with Gasteiger partial charge in [-0.1, -0.05) is 0 Å². The van der Waals surface area contributed by atoms with Gasteiger partial charge >= 0.3 is 0 Å². The number of aromatic nitrogens is 3. The maximum Gasteiger partial charge on any atom is 0.151 e. The molecule has 0 radical (unpaired) electrons. The summed E-state index contributed by atoms with van der Waals surface area (Å²) in [5.74, 6) is 1.74.